The van der Waals surface area contributed by atoms with E-state index in [9.17, 15) is 5.26 Å². The van der Waals surface area contributed by atoms with E-state index in [-0.39, 0.29) is 12.1 Å². The van der Waals surface area contributed by atoms with Crippen LogP contribution < -0.4 is 14.8 Å². The smallest absolute Gasteiger partial charge is 0.257 e. The minimum absolute atomic E-state index is 0.249. The molecule has 0 amide bonds. The summed E-state index contributed by atoms with van der Waals surface area (Å²) in [5.41, 5.74) is 2.70. The Morgan fingerprint density at radius 2 is 1.38 bits per heavy atom. The molecular weight excluding hydrogens is 813 g/mol. The Hall–Kier alpha value is -4.78. The number of ether oxygens (including phenoxy) is 9. The summed E-state index contributed by atoms with van der Waals surface area (Å²) in [4.78, 5) is 16.0. The van der Waals surface area contributed by atoms with E-state index in [1.165, 1.54) is 19.2 Å². The van der Waals surface area contributed by atoms with Crippen molar-refractivity contribution in [1.82, 2.24) is 39.4 Å². The van der Waals surface area contributed by atoms with Crippen LogP contribution in [0.1, 0.15) is 57.1 Å². The number of nitrogens with zero attached hydrogens (tertiary/aromatic N) is 9. The Balaban J connectivity index is 0.893. The highest BCUT2D eigenvalue weighted by Crippen LogP contribution is 2.39. The van der Waals surface area contributed by atoms with E-state index >= 15 is 0 Å². The Labute approximate surface area is 369 Å². The van der Waals surface area contributed by atoms with Crippen LogP contribution in [0.2, 0.25) is 0 Å². The normalized spacial score (nSPS) is 20.4. The summed E-state index contributed by atoms with van der Waals surface area (Å²) >= 11 is 0. The zero-order valence-corrected chi connectivity index (χ0v) is 36.6. The van der Waals surface area contributed by atoms with Crippen LogP contribution >= 0.6 is 0 Å². The SMILES string of the molecule is COCCOCCOCCOCCOCCOCCOc1nn(C2CCC(N3[C@@H]4CC[C@H]3COC4)CC2)cc1Nc1ncc(-c2ccc(C#N)c(O[C@@H](C)Cn3cncn3)c2)cn1. The number of hydrogen-bond acceptors (Lipinski definition) is 17. The van der Waals surface area contributed by atoms with E-state index in [4.69, 9.17) is 47.7 Å². The van der Waals surface area contributed by atoms with Gasteiger partial charge in [0, 0.05) is 43.2 Å². The van der Waals surface area contributed by atoms with Crippen molar-refractivity contribution in [2.75, 3.05) is 105 Å². The Bertz CT molecular complexity index is 1940. The molecule has 2 aliphatic heterocycles. The maximum Gasteiger partial charge on any atom is 0.257 e. The predicted octanol–water partition coefficient (Wildman–Crippen LogP) is 4.47. The first kappa shape index (κ1) is 46.2. The van der Waals surface area contributed by atoms with Gasteiger partial charge in [-0.25, -0.2) is 19.6 Å². The van der Waals surface area contributed by atoms with Crippen molar-refractivity contribution in [3.05, 3.63) is 55.0 Å². The van der Waals surface area contributed by atoms with Gasteiger partial charge < -0.3 is 47.9 Å². The van der Waals surface area contributed by atoms with Crippen molar-refractivity contribution >= 4 is 11.6 Å². The third-order valence-electron chi connectivity index (χ3n) is 11.4. The summed E-state index contributed by atoms with van der Waals surface area (Å²) in [6, 6.07) is 9.63. The van der Waals surface area contributed by atoms with Crippen molar-refractivity contribution in [3.8, 4) is 28.8 Å². The first-order valence-corrected chi connectivity index (χ1v) is 22.2. The first-order valence-electron chi connectivity index (χ1n) is 22.2. The fraction of sp³-hybridized carbons (Fsp3) is 0.636. The largest absolute Gasteiger partial charge is 0.487 e. The number of nitrogens with one attached hydrogen (secondary N) is 1. The van der Waals surface area contributed by atoms with Crippen molar-refractivity contribution in [1.29, 1.82) is 5.26 Å². The van der Waals surface area contributed by atoms with Crippen LogP contribution in [0.25, 0.3) is 11.1 Å². The summed E-state index contributed by atoms with van der Waals surface area (Å²) < 4.78 is 54.8. The topological polar surface area (TPSA) is 196 Å². The summed E-state index contributed by atoms with van der Waals surface area (Å²) in [6.45, 7) is 9.84. The van der Waals surface area contributed by atoms with Gasteiger partial charge in [-0.15, -0.1) is 5.10 Å². The number of rotatable bonds is 28. The molecule has 0 spiro atoms. The maximum absolute atomic E-state index is 9.76. The summed E-state index contributed by atoms with van der Waals surface area (Å²) in [5.74, 6) is 1.33. The molecule has 2 bridgehead atoms. The average Bonchev–Trinajstić information content (AvgIpc) is 4.03. The molecule has 3 aromatic heterocycles. The van der Waals surface area contributed by atoms with Crippen molar-refractivity contribution < 1.29 is 42.6 Å². The van der Waals surface area contributed by atoms with Gasteiger partial charge in [0.25, 0.3) is 5.88 Å². The Kier molecular flexibility index (Phi) is 18.3. The van der Waals surface area contributed by atoms with Crippen LogP contribution in [0.5, 0.6) is 11.6 Å². The second-order valence-electron chi connectivity index (χ2n) is 15.9. The monoisotopic (exact) mass is 874 g/mol. The number of morpholine rings is 1. The van der Waals surface area contributed by atoms with Gasteiger partial charge in [-0.2, -0.15) is 10.4 Å². The molecule has 0 unspecified atom stereocenters. The number of aromatic nitrogens is 7. The molecule has 63 heavy (non-hydrogen) atoms. The minimum Gasteiger partial charge on any atom is -0.487 e. The van der Waals surface area contributed by atoms with Crippen LogP contribution in [-0.4, -0.2) is 163 Å². The van der Waals surface area contributed by atoms with Crippen LogP contribution in [-0.2, 0) is 39.7 Å². The summed E-state index contributed by atoms with van der Waals surface area (Å²) in [6.07, 6.45) is 15.2. The fourth-order valence-corrected chi connectivity index (χ4v) is 8.35. The lowest BCUT2D eigenvalue weighted by Gasteiger charge is -2.43. The number of methoxy groups -OCH3 is 1. The summed E-state index contributed by atoms with van der Waals surface area (Å²) in [5, 5.41) is 22.2. The first-order chi connectivity index (χ1) is 31.1. The molecule has 1 N–H and O–H groups in total. The highest BCUT2D eigenvalue weighted by molar-refractivity contribution is 5.67. The zero-order valence-electron chi connectivity index (χ0n) is 36.6. The van der Waals surface area contributed by atoms with Crippen molar-refractivity contribution in [2.45, 2.75) is 82.3 Å². The standard InChI is InChI=1S/C44H62N10O9/c1-33(27-52-32-46-31-49-52)63-42-23-34(3-4-35(42)24-45)36-25-47-44(48-26-36)50-41-28-53(37-5-7-38(8-6-37)54-39-9-10-40(54)30-61-29-39)51-43(41)62-22-21-60-20-19-59-18-17-58-16-15-57-14-13-56-12-11-55-2/h3-4,23,25-26,28,31-33,37-40H,5-22,27,29-30H2,1-2H3,(H,47,48,50)/t33-,37?,38?,39-,40+/m0/s1. The van der Waals surface area contributed by atoms with Gasteiger partial charge in [-0.05, 0) is 63.1 Å². The molecule has 5 heterocycles. The molecule has 0 radical (unpaired) electrons. The molecule has 7 rings (SSSR count). The number of benzene rings is 1. The lowest BCUT2D eigenvalue weighted by molar-refractivity contribution is -0.0458. The minimum atomic E-state index is -0.249. The summed E-state index contributed by atoms with van der Waals surface area (Å²) in [7, 11) is 1.65. The lowest BCUT2D eigenvalue weighted by atomic mass is 9.89. The van der Waals surface area contributed by atoms with Gasteiger partial charge in [0.1, 0.15) is 42.9 Å². The fourth-order valence-electron chi connectivity index (χ4n) is 8.35. The van der Waals surface area contributed by atoms with Gasteiger partial charge in [0.05, 0.1) is 110 Å². The quantitative estimate of drug-likeness (QED) is 0.0784. The molecule has 3 aliphatic rings. The second-order valence-corrected chi connectivity index (χ2v) is 15.9. The van der Waals surface area contributed by atoms with E-state index in [0.29, 0.717) is 133 Å². The van der Waals surface area contributed by atoms with E-state index in [1.807, 2.05) is 29.9 Å². The molecule has 342 valence electrons. The molecule has 19 heteroatoms. The van der Waals surface area contributed by atoms with Gasteiger partial charge in [-0.1, -0.05) is 6.07 Å². The third-order valence-corrected chi connectivity index (χ3v) is 11.4. The maximum atomic E-state index is 9.76. The van der Waals surface area contributed by atoms with E-state index in [2.05, 4.69) is 36.3 Å². The van der Waals surface area contributed by atoms with Gasteiger partial charge in [-0.3, -0.25) is 9.58 Å². The zero-order chi connectivity index (χ0) is 43.5. The number of anilines is 2. The molecule has 3 fully saturated rings. The average molecular weight is 875 g/mol. The third kappa shape index (κ3) is 13.9. The number of nitriles is 1. The van der Waals surface area contributed by atoms with Crippen LogP contribution in [0, 0.1) is 11.3 Å². The molecule has 4 aromatic rings. The van der Waals surface area contributed by atoms with Gasteiger partial charge in [0.15, 0.2) is 0 Å². The molecule has 2 saturated heterocycles. The lowest BCUT2D eigenvalue weighted by Crippen LogP contribution is -2.52. The molecule has 1 aliphatic carbocycles. The Morgan fingerprint density at radius 1 is 0.778 bits per heavy atom. The molecule has 1 saturated carbocycles. The highest BCUT2D eigenvalue weighted by Gasteiger charge is 2.42. The van der Waals surface area contributed by atoms with Gasteiger partial charge in [0.2, 0.25) is 5.95 Å². The predicted molar refractivity (Wildman–Crippen MR) is 230 cm³/mol. The number of fused-ring (bicyclic) bond motifs is 2. The Morgan fingerprint density at radius 3 is 1.98 bits per heavy atom. The highest BCUT2D eigenvalue weighted by atomic mass is 16.6. The van der Waals surface area contributed by atoms with E-state index in [0.717, 1.165) is 50.0 Å². The van der Waals surface area contributed by atoms with Crippen molar-refractivity contribution in [2.24, 2.45) is 0 Å². The van der Waals surface area contributed by atoms with Crippen LogP contribution in [0.4, 0.5) is 11.6 Å². The van der Waals surface area contributed by atoms with E-state index in [1.54, 1.807) is 36.6 Å². The van der Waals surface area contributed by atoms with E-state index < -0.39 is 0 Å². The number of hydrogen-bond donors (Lipinski definition) is 1. The molecular formula is C44H62N10O9. The molecule has 3 atom stereocenters. The second kappa shape index (κ2) is 24.9. The molecule has 19 nitrogen and oxygen atoms in total. The van der Waals surface area contributed by atoms with Crippen LogP contribution in [0.15, 0.2) is 49.4 Å². The van der Waals surface area contributed by atoms with Gasteiger partial charge >= 0.3 is 0 Å². The van der Waals surface area contributed by atoms with Crippen molar-refractivity contribution in [3.63, 3.8) is 0 Å². The molecule has 1 aromatic carbocycles. The van der Waals surface area contributed by atoms with Crippen LogP contribution in [0.3, 0.4) is 0 Å².